The SMILES string of the molecule is Cn1ccc2c([C@H]3C(=O)C=C[C@@H]3O)cccc21. The molecular formula is C14H13NO2. The Bertz CT molecular complexity index is 624. The van der Waals surface area contributed by atoms with Gasteiger partial charge < -0.3 is 9.67 Å². The first-order chi connectivity index (χ1) is 8.18. The molecule has 1 N–H and O–H groups in total. The van der Waals surface area contributed by atoms with Crippen LogP contribution >= 0.6 is 0 Å². The van der Waals surface area contributed by atoms with E-state index in [1.807, 2.05) is 42.1 Å². The molecule has 17 heavy (non-hydrogen) atoms. The van der Waals surface area contributed by atoms with Gasteiger partial charge in [0.2, 0.25) is 0 Å². The van der Waals surface area contributed by atoms with Gasteiger partial charge in [0.1, 0.15) is 0 Å². The van der Waals surface area contributed by atoms with E-state index in [4.69, 9.17) is 0 Å². The number of carbonyl (C=O) groups excluding carboxylic acids is 1. The predicted octanol–water partition coefficient (Wildman–Crippen LogP) is 1.76. The second kappa shape index (κ2) is 3.57. The molecule has 0 radical (unpaired) electrons. The lowest BCUT2D eigenvalue weighted by Gasteiger charge is -2.14. The first-order valence-electron chi connectivity index (χ1n) is 5.62. The van der Waals surface area contributed by atoms with Crippen LogP contribution in [0.25, 0.3) is 10.9 Å². The highest BCUT2D eigenvalue weighted by Crippen LogP contribution is 2.32. The van der Waals surface area contributed by atoms with Gasteiger partial charge in [0.25, 0.3) is 0 Å². The standard InChI is InChI=1S/C14H13NO2/c1-15-8-7-9-10(3-2-4-11(9)15)14-12(16)5-6-13(14)17/h2-8,12,14,16H,1H3/t12-,14+/m0/s1. The molecule has 0 aliphatic heterocycles. The van der Waals surface area contributed by atoms with Gasteiger partial charge in [-0.05, 0) is 23.8 Å². The quantitative estimate of drug-likeness (QED) is 0.806. The van der Waals surface area contributed by atoms with Crippen molar-refractivity contribution in [1.82, 2.24) is 4.57 Å². The third kappa shape index (κ3) is 1.43. The van der Waals surface area contributed by atoms with Gasteiger partial charge in [0, 0.05) is 24.1 Å². The molecular weight excluding hydrogens is 214 g/mol. The van der Waals surface area contributed by atoms with Crippen molar-refractivity contribution in [1.29, 1.82) is 0 Å². The summed E-state index contributed by atoms with van der Waals surface area (Å²) in [7, 11) is 1.97. The van der Waals surface area contributed by atoms with Gasteiger partial charge in [-0.25, -0.2) is 0 Å². The van der Waals surface area contributed by atoms with Crippen LogP contribution in [0.15, 0.2) is 42.6 Å². The molecule has 3 nitrogen and oxygen atoms in total. The van der Waals surface area contributed by atoms with E-state index in [0.717, 1.165) is 16.5 Å². The Labute approximate surface area is 99.0 Å². The van der Waals surface area contributed by atoms with Gasteiger partial charge in [-0.15, -0.1) is 0 Å². The van der Waals surface area contributed by atoms with Gasteiger partial charge in [-0.1, -0.05) is 18.2 Å². The third-order valence-electron chi connectivity index (χ3n) is 3.40. The average molecular weight is 227 g/mol. The number of carbonyl (C=O) groups is 1. The number of benzene rings is 1. The van der Waals surface area contributed by atoms with Crippen LogP contribution in [0.3, 0.4) is 0 Å². The van der Waals surface area contributed by atoms with E-state index in [1.54, 1.807) is 6.08 Å². The highest BCUT2D eigenvalue weighted by Gasteiger charge is 2.31. The molecule has 1 aromatic carbocycles. The van der Waals surface area contributed by atoms with E-state index in [-0.39, 0.29) is 5.78 Å². The molecule has 3 heteroatoms. The Morgan fingerprint density at radius 1 is 1.29 bits per heavy atom. The zero-order chi connectivity index (χ0) is 12.0. The van der Waals surface area contributed by atoms with E-state index >= 15 is 0 Å². The minimum absolute atomic E-state index is 0.0196. The maximum atomic E-state index is 11.8. The number of aromatic nitrogens is 1. The van der Waals surface area contributed by atoms with Gasteiger partial charge in [-0.3, -0.25) is 4.79 Å². The smallest absolute Gasteiger partial charge is 0.165 e. The van der Waals surface area contributed by atoms with Crippen molar-refractivity contribution in [2.75, 3.05) is 0 Å². The Kier molecular flexibility index (Phi) is 2.16. The highest BCUT2D eigenvalue weighted by atomic mass is 16.3. The predicted molar refractivity (Wildman–Crippen MR) is 65.8 cm³/mol. The number of aliphatic hydroxyl groups is 1. The summed E-state index contributed by atoms with van der Waals surface area (Å²) in [4.78, 5) is 11.8. The molecule has 3 rings (SSSR count). The van der Waals surface area contributed by atoms with Crippen molar-refractivity contribution < 1.29 is 9.90 Å². The Morgan fingerprint density at radius 2 is 2.12 bits per heavy atom. The van der Waals surface area contributed by atoms with E-state index in [1.165, 1.54) is 6.08 Å². The molecule has 2 aromatic rings. The van der Waals surface area contributed by atoms with Gasteiger partial charge in [0.15, 0.2) is 5.78 Å². The van der Waals surface area contributed by atoms with Crippen LogP contribution in [0.5, 0.6) is 0 Å². The molecule has 1 heterocycles. The lowest BCUT2D eigenvalue weighted by molar-refractivity contribution is -0.116. The molecule has 0 fully saturated rings. The molecule has 0 saturated heterocycles. The normalized spacial score (nSPS) is 23.8. The Morgan fingerprint density at radius 3 is 2.82 bits per heavy atom. The fraction of sp³-hybridized carbons (Fsp3) is 0.214. The molecule has 2 atom stereocenters. The fourth-order valence-corrected chi connectivity index (χ4v) is 2.51. The number of aryl methyl sites for hydroxylation is 1. The van der Waals surface area contributed by atoms with Crippen LogP contribution in [0.4, 0.5) is 0 Å². The van der Waals surface area contributed by atoms with E-state index in [2.05, 4.69) is 0 Å². The van der Waals surface area contributed by atoms with Crippen molar-refractivity contribution in [3.63, 3.8) is 0 Å². The van der Waals surface area contributed by atoms with Crippen molar-refractivity contribution in [2.24, 2.45) is 7.05 Å². The lowest BCUT2D eigenvalue weighted by Crippen LogP contribution is -2.17. The zero-order valence-corrected chi connectivity index (χ0v) is 9.50. The number of rotatable bonds is 1. The minimum Gasteiger partial charge on any atom is -0.388 e. The zero-order valence-electron chi connectivity index (χ0n) is 9.50. The Hall–Kier alpha value is -1.87. The van der Waals surface area contributed by atoms with Crippen LogP contribution in [0.2, 0.25) is 0 Å². The summed E-state index contributed by atoms with van der Waals surface area (Å²) in [5.41, 5.74) is 1.99. The first-order valence-corrected chi connectivity index (χ1v) is 5.62. The van der Waals surface area contributed by atoms with Crippen LogP contribution in [-0.2, 0) is 11.8 Å². The van der Waals surface area contributed by atoms with Gasteiger partial charge in [0.05, 0.1) is 12.0 Å². The van der Waals surface area contributed by atoms with E-state index in [0.29, 0.717) is 0 Å². The first kappa shape index (κ1) is 10.3. The van der Waals surface area contributed by atoms with Crippen LogP contribution in [0.1, 0.15) is 11.5 Å². The summed E-state index contributed by atoms with van der Waals surface area (Å²) in [5, 5.41) is 10.9. The molecule has 0 amide bonds. The molecule has 1 aliphatic rings. The average Bonchev–Trinajstić information content (AvgIpc) is 2.84. The molecule has 1 aliphatic carbocycles. The van der Waals surface area contributed by atoms with Crippen molar-refractivity contribution in [3.8, 4) is 0 Å². The van der Waals surface area contributed by atoms with Crippen LogP contribution in [0, 0.1) is 0 Å². The van der Waals surface area contributed by atoms with E-state index in [9.17, 15) is 9.90 Å². The summed E-state index contributed by atoms with van der Waals surface area (Å²) in [6.07, 6.45) is 4.30. The highest BCUT2D eigenvalue weighted by molar-refractivity contribution is 6.01. The monoisotopic (exact) mass is 227 g/mol. The summed E-state index contributed by atoms with van der Waals surface area (Å²) in [6.45, 7) is 0. The summed E-state index contributed by atoms with van der Waals surface area (Å²) in [6, 6.07) is 7.85. The summed E-state index contributed by atoms with van der Waals surface area (Å²) in [5.74, 6) is -0.463. The molecule has 0 unspecified atom stereocenters. The third-order valence-corrected chi connectivity index (χ3v) is 3.40. The number of nitrogens with zero attached hydrogens (tertiary/aromatic N) is 1. The Balaban J connectivity index is 2.21. The van der Waals surface area contributed by atoms with Gasteiger partial charge in [-0.2, -0.15) is 0 Å². The van der Waals surface area contributed by atoms with Crippen LogP contribution < -0.4 is 0 Å². The minimum atomic E-state index is -0.701. The molecule has 0 spiro atoms. The lowest BCUT2D eigenvalue weighted by atomic mass is 9.91. The number of hydrogen-bond acceptors (Lipinski definition) is 2. The summed E-state index contributed by atoms with van der Waals surface area (Å²) < 4.78 is 2.01. The number of hydrogen-bond donors (Lipinski definition) is 1. The van der Waals surface area contributed by atoms with Crippen LogP contribution in [-0.4, -0.2) is 21.6 Å². The second-order valence-electron chi connectivity index (χ2n) is 4.44. The van der Waals surface area contributed by atoms with E-state index < -0.39 is 12.0 Å². The number of fused-ring (bicyclic) bond motifs is 1. The molecule has 86 valence electrons. The molecule has 1 aromatic heterocycles. The van der Waals surface area contributed by atoms with Crippen molar-refractivity contribution in [2.45, 2.75) is 12.0 Å². The second-order valence-corrected chi connectivity index (χ2v) is 4.44. The number of allylic oxidation sites excluding steroid dienone is 1. The maximum Gasteiger partial charge on any atom is 0.165 e. The summed E-state index contributed by atoms with van der Waals surface area (Å²) >= 11 is 0. The largest absolute Gasteiger partial charge is 0.388 e. The fourth-order valence-electron chi connectivity index (χ4n) is 2.51. The molecule has 0 saturated carbocycles. The number of aliphatic hydroxyl groups excluding tert-OH is 1. The van der Waals surface area contributed by atoms with Crippen molar-refractivity contribution in [3.05, 3.63) is 48.2 Å². The molecule has 0 bridgehead atoms. The van der Waals surface area contributed by atoms with Crippen molar-refractivity contribution >= 4 is 16.7 Å². The number of ketones is 1. The van der Waals surface area contributed by atoms with Gasteiger partial charge >= 0.3 is 0 Å². The topological polar surface area (TPSA) is 42.2 Å². The maximum absolute atomic E-state index is 11.8.